The molecule has 174 valence electrons. The van der Waals surface area contributed by atoms with E-state index in [2.05, 4.69) is 23.7 Å². The van der Waals surface area contributed by atoms with Crippen molar-refractivity contribution in [3.8, 4) is 5.75 Å². The Labute approximate surface area is 189 Å². The van der Waals surface area contributed by atoms with Crippen molar-refractivity contribution in [2.24, 2.45) is 5.41 Å². The second kappa shape index (κ2) is 8.05. The fraction of sp³-hybridized carbons (Fsp3) is 0.654. The van der Waals surface area contributed by atoms with Gasteiger partial charge in [0.25, 0.3) is 0 Å². The molecule has 6 heteroatoms. The number of nitrogens with zero attached hydrogens (tertiary/aromatic N) is 1. The molecule has 2 aliphatic carbocycles. The lowest BCUT2D eigenvalue weighted by Gasteiger charge is -2.54. The van der Waals surface area contributed by atoms with Crippen LogP contribution in [0.15, 0.2) is 18.3 Å². The van der Waals surface area contributed by atoms with Gasteiger partial charge in [-0.2, -0.15) is 0 Å². The molecule has 2 N–H and O–H groups in total. The molecule has 0 radical (unpaired) electrons. The van der Waals surface area contributed by atoms with E-state index in [-0.39, 0.29) is 47.3 Å². The number of fused-ring (bicyclic) bond motifs is 3. The summed E-state index contributed by atoms with van der Waals surface area (Å²) in [7, 11) is 0. The summed E-state index contributed by atoms with van der Waals surface area (Å²) in [5.41, 5.74) is 1.89. The molecular formula is C26H35FN2O3. The average molecular weight is 443 g/mol. The van der Waals surface area contributed by atoms with Gasteiger partial charge in [-0.25, -0.2) is 4.39 Å². The van der Waals surface area contributed by atoms with Crippen LogP contribution in [0.3, 0.4) is 0 Å². The first-order valence-corrected chi connectivity index (χ1v) is 12.2. The number of piperidine rings is 1. The second-order valence-electron chi connectivity index (χ2n) is 10.8. The van der Waals surface area contributed by atoms with Crippen LogP contribution in [0.5, 0.6) is 5.75 Å². The Morgan fingerprint density at radius 3 is 2.84 bits per heavy atom. The van der Waals surface area contributed by atoms with Gasteiger partial charge < -0.3 is 19.7 Å². The molecule has 2 bridgehead atoms. The smallest absolute Gasteiger partial charge is 0.223 e. The SMILES string of the molecule is CCC1CC2(C)CC(O)CC(C2)N1C(=O)CC(C)c1c[nH]c2ccc(F)c(OC3CC3)c12. The molecular weight excluding hydrogens is 407 g/mol. The first-order valence-electron chi connectivity index (χ1n) is 12.2. The molecule has 1 amide bonds. The maximum absolute atomic E-state index is 14.7. The lowest BCUT2D eigenvalue weighted by molar-refractivity contribution is -0.148. The normalized spacial score (nSPS) is 31.0. The third kappa shape index (κ3) is 3.91. The number of hydrogen-bond acceptors (Lipinski definition) is 3. The van der Waals surface area contributed by atoms with Crippen LogP contribution in [0.2, 0.25) is 0 Å². The summed E-state index contributed by atoms with van der Waals surface area (Å²) in [5.74, 6) is 0.0392. The number of ether oxygens (including phenoxy) is 1. The summed E-state index contributed by atoms with van der Waals surface area (Å²) < 4.78 is 20.6. The summed E-state index contributed by atoms with van der Waals surface area (Å²) in [6.07, 6.45) is 8.32. The molecule has 0 spiro atoms. The Hall–Kier alpha value is -2.08. The molecule has 2 saturated carbocycles. The predicted octanol–water partition coefficient (Wildman–Crippen LogP) is 5.27. The van der Waals surface area contributed by atoms with Crippen LogP contribution in [0, 0.1) is 11.2 Å². The van der Waals surface area contributed by atoms with Gasteiger partial charge in [0.1, 0.15) is 0 Å². The third-order valence-electron chi connectivity index (χ3n) is 7.88. The average Bonchev–Trinajstić information content (AvgIpc) is 3.44. The van der Waals surface area contributed by atoms with Gasteiger partial charge in [-0.15, -0.1) is 0 Å². The van der Waals surface area contributed by atoms with E-state index in [1.165, 1.54) is 6.07 Å². The van der Waals surface area contributed by atoms with Gasteiger partial charge >= 0.3 is 0 Å². The quantitative estimate of drug-likeness (QED) is 0.640. The van der Waals surface area contributed by atoms with E-state index in [4.69, 9.17) is 4.74 Å². The van der Waals surface area contributed by atoms with Gasteiger partial charge in [-0.3, -0.25) is 4.79 Å². The van der Waals surface area contributed by atoms with Crippen LogP contribution < -0.4 is 4.74 Å². The van der Waals surface area contributed by atoms with Crippen molar-refractivity contribution < 1.29 is 19.0 Å². The first-order chi connectivity index (χ1) is 15.3. The van der Waals surface area contributed by atoms with Gasteiger partial charge in [0.2, 0.25) is 5.91 Å². The third-order valence-corrected chi connectivity index (χ3v) is 7.88. The lowest BCUT2D eigenvalue weighted by Crippen LogP contribution is -2.58. The minimum atomic E-state index is -0.346. The van der Waals surface area contributed by atoms with Gasteiger partial charge in [0.15, 0.2) is 11.6 Å². The van der Waals surface area contributed by atoms with E-state index < -0.39 is 0 Å². The van der Waals surface area contributed by atoms with Crippen molar-refractivity contribution >= 4 is 16.8 Å². The monoisotopic (exact) mass is 442 g/mol. The van der Waals surface area contributed by atoms with Crippen LogP contribution in [0.1, 0.15) is 83.6 Å². The predicted molar refractivity (Wildman–Crippen MR) is 122 cm³/mol. The van der Waals surface area contributed by atoms with Crippen LogP contribution in [-0.4, -0.2) is 45.2 Å². The summed E-state index contributed by atoms with van der Waals surface area (Å²) in [4.78, 5) is 18.9. The van der Waals surface area contributed by atoms with E-state index in [1.807, 2.05) is 13.1 Å². The summed E-state index contributed by atoms with van der Waals surface area (Å²) in [6, 6.07) is 3.52. The molecule has 5 rings (SSSR count). The molecule has 3 aliphatic rings. The largest absolute Gasteiger partial charge is 0.487 e. The molecule has 5 unspecified atom stereocenters. The number of halogens is 1. The van der Waals surface area contributed by atoms with E-state index in [0.29, 0.717) is 18.6 Å². The van der Waals surface area contributed by atoms with Gasteiger partial charge in [0.05, 0.1) is 12.2 Å². The Kier molecular flexibility index (Phi) is 5.47. The zero-order valence-electron chi connectivity index (χ0n) is 19.4. The Morgan fingerprint density at radius 2 is 2.12 bits per heavy atom. The van der Waals surface area contributed by atoms with Gasteiger partial charge in [0, 0.05) is 35.6 Å². The van der Waals surface area contributed by atoms with Crippen LogP contribution in [-0.2, 0) is 4.79 Å². The number of carbonyl (C=O) groups excluding carboxylic acids is 1. The number of hydrogen-bond donors (Lipinski definition) is 2. The van der Waals surface area contributed by atoms with Crippen LogP contribution in [0.4, 0.5) is 4.39 Å². The maximum Gasteiger partial charge on any atom is 0.223 e. The highest BCUT2D eigenvalue weighted by molar-refractivity contribution is 5.91. The summed E-state index contributed by atoms with van der Waals surface area (Å²) >= 11 is 0. The van der Waals surface area contributed by atoms with E-state index in [0.717, 1.165) is 55.0 Å². The number of aromatic nitrogens is 1. The van der Waals surface area contributed by atoms with Crippen molar-refractivity contribution in [3.05, 3.63) is 29.7 Å². The molecule has 1 aromatic carbocycles. The Balaban J connectivity index is 1.40. The topological polar surface area (TPSA) is 65.6 Å². The highest BCUT2D eigenvalue weighted by Gasteiger charge is 2.48. The van der Waals surface area contributed by atoms with E-state index in [1.54, 1.807) is 6.07 Å². The molecule has 2 aromatic rings. The van der Waals surface area contributed by atoms with Gasteiger partial charge in [-0.05, 0) is 74.0 Å². The standard InChI is InChI=1S/C26H35FN2O3/c1-4-16-11-26(3)12-17(10-18(30)13-26)29(16)23(31)9-15(2)20-14-28-22-8-7-21(27)25(24(20)22)32-19-5-6-19/h7-8,14-19,28,30H,4-6,9-13H2,1-3H3. The number of H-pyrrole nitrogens is 1. The second-order valence-corrected chi connectivity index (χ2v) is 10.8. The number of nitrogens with one attached hydrogen (secondary N) is 1. The fourth-order valence-electron chi connectivity index (χ4n) is 6.32. The molecule has 1 aliphatic heterocycles. The minimum absolute atomic E-state index is 0.0704. The Bertz CT molecular complexity index is 1020. The van der Waals surface area contributed by atoms with Crippen molar-refractivity contribution in [1.82, 2.24) is 9.88 Å². The molecule has 5 nitrogen and oxygen atoms in total. The zero-order valence-corrected chi connectivity index (χ0v) is 19.4. The highest BCUT2D eigenvalue weighted by atomic mass is 19.1. The molecule has 1 aromatic heterocycles. The van der Waals surface area contributed by atoms with E-state index in [9.17, 15) is 14.3 Å². The summed E-state index contributed by atoms with van der Waals surface area (Å²) in [5, 5.41) is 11.2. The van der Waals surface area contributed by atoms with Crippen molar-refractivity contribution in [1.29, 1.82) is 0 Å². The zero-order chi connectivity index (χ0) is 22.6. The summed E-state index contributed by atoms with van der Waals surface area (Å²) in [6.45, 7) is 6.45. The molecule has 5 atom stereocenters. The van der Waals surface area contributed by atoms with Gasteiger partial charge in [-0.1, -0.05) is 20.8 Å². The molecule has 2 heterocycles. The highest BCUT2D eigenvalue weighted by Crippen LogP contribution is 2.48. The number of benzene rings is 1. The number of rotatable bonds is 6. The van der Waals surface area contributed by atoms with Crippen LogP contribution >= 0.6 is 0 Å². The number of carbonyl (C=O) groups is 1. The Morgan fingerprint density at radius 1 is 1.34 bits per heavy atom. The minimum Gasteiger partial charge on any atom is -0.487 e. The number of aliphatic hydroxyl groups is 1. The first kappa shape index (κ1) is 21.7. The lowest BCUT2D eigenvalue weighted by atomic mass is 9.64. The molecule has 1 saturated heterocycles. The number of aliphatic hydroxyl groups excluding tert-OH is 1. The maximum atomic E-state index is 14.7. The number of aromatic amines is 1. The van der Waals surface area contributed by atoms with Crippen LogP contribution in [0.25, 0.3) is 10.9 Å². The number of amides is 1. The fourth-order valence-corrected chi connectivity index (χ4v) is 6.32. The van der Waals surface area contributed by atoms with E-state index >= 15 is 0 Å². The van der Waals surface area contributed by atoms with Crippen molar-refractivity contribution in [3.63, 3.8) is 0 Å². The van der Waals surface area contributed by atoms with Crippen molar-refractivity contribution in [2.45, 2.75) is 102 Å². The molecule has 3 fully saturated rings. The number of likely N-dealkylation sites (tertiary alicyclic amines) is 1. The molecule has 32 heavy (non-hydrogen) atoms. The van der Waals surface area contributed by atoms with Crippen molar-refractivity contribution in [2.75, 3.05) is 0 Å².